The predicted octanol–water partition coefficient (Wildman–Crippen LogP) is 1.86. The minimum atomic E-state index is -4.45. The van der Waals surface area contributed by atoms with E-state index in [9.17, 15) is 18.0 Å². The summed E-state index contributed by atoms with van der Waals surface area (Å²) >= 11 is 0. The molecule has 2 rings (SSSR count). The Labute approximate surface area is 102 Å². The van der Waals surface area contributed by atoms with E-state index in [1.54, 1.807) is 0 Å². The van der Waals surface area contributed by atoms with E-state index in [4.69, 9.17) is 0 Å². The second kappa shape index (κ2) is 4.97. The molecular weight excluding hydrogens is 245 g/mol. The summed E-state index contributed by atoms with van der Waals surface area (Å²) in [4.78, 5) is 11.0. The average molecular weight is 258 g/mol. The molecule has 1 heterocycles. The molecule has 1 amide bonds. The zero-order valence-corrected chi connectivity index (χ0v) is 9.60. The van der Waals surface area contributed by atoms with E-state index >= 15 is 0 Å². The molecular formula is C12H13F3N2O. The standard InChI is InChI=1S/C12H13F3N2O/c13-12(14,15)4-11(18)17-5-8-1-2-9-6-16-7-10(9)3-8/h1-3,16H,4-7H2,(H,17,18). The van der Waals surface area contributed by atoms with Gasteiger partial charge < -0.3 is 10.6 Å². The van der Waals surface area contributed by atoms with Crippen molar-refractivity contribution in [3.05, 3.63) is 34.9 Å². The highest BCUT2D eigenvalue weighted by Gasteiger charge is 2.30. The molecule has 0 spiro atoms. The Morgan fingerprint density at radius 2 is 2.00 bits per heavy atom. The zero-order valence-electron chi connectivity index (χ0n) is 9.60. The van der Waals surface area contributed by atoms with Crippen molar-refractivity contribution in [2.24, 2.45) is 0 Å². The molecule has 1 aliphatic rings. The first-order valence-corrected chi connectivity index (χ1v) is 5.59. The van der Waals surface area contributed by atoms with E-state index in [1.807, 2.05) is 18.2 Å². The zero-order chi connectivity index (χ0) is 13.2. The van der Waals surface area contributed by atoms with Crippen molar-refractivity contribution >= 4 is 5.91 Å². The van der Waals surface area contributed by atoms with Crippen molar-refractivity contribution in [3.63, 3.8) is 0 Å². The van der Waals surface area contributed by atoms with Gasteiger partial charge in [-0.2, -0.15) is 13.2 Å². The number of fused-ring (bicyclic) bond motifs is 1. The smallest absolute Gasteiger partial charge is 0.352 e. The summed E-state index contributed by atoms with van der Waals surface area (Å²) < 4.78 is 35.8. The Kier molecular flexibility index (Phi) is 3.56. The van der Waals surface area contributed by atoms with Crippen LogP contribution >= 0.6 is 0 Å². The van der Waals surface area contributed by atoms with Gasteiger partial charge in [0.25, 0.3) is 0 Å². The van der Waals surface area contributed by atoms with Gasteiger partial charge in [-0.15, -0.1) is 0 Å². The molecule has 0 bridgehead atoms. The van der Waals surface area contributed by atoms with Crippen molar-refractivity contribution in [1.82, 2.24) is 10.6 Å². The maximum Gasteiger partial charge on any atom is 0.397 e. The highest BCUT2D eigenvalue weighted by molar-refractivity contribution is 5.76. The third kappa shape index (κ3) is 3.46. The largest absolute Gasteiger partial charge is 0.397 e. The lowest BCUT2D eigenvalue weighted by atomic mass is 10.1. The van der Waals surface area contributed by atoms with Crippen molar-refractivity contribution < 1.29 is 18.0 Å². The molecule has 0 saturated carbocycles. The first kappa shape index (κ1) is 12.9. The van der Waals surface area contributed by atoms with Gasteiger partial charge in [0.1, 0.15) is 6.42 Å². The van der Waals surface area contributed by atoms with Gasteiger partial charge in [0.15, 0.2) is 0 Å². The fourth-order valence-electron chi connectivity index (χ4n) is 1.90. The van der Waals surface area contributed by atoms with Crippen LogP contribution in [-0.4, -0.2) is 12.1 Å². The third-order valence-corrected chi connectivity index (χ3v) is 2.75. The Morgan fingerprint density at radius 1 is 1.28 bits per heavy atom. The number of nitrogens with one attached hydrogen (secondary N) is 2. The number of benzene rings is 1. The number of hydrogen-bond donors (Lipinski definition) is 2. The molecule has 1 aromatic rings. The lowest BCUT2D eigenvalue weighted by Crippen LogP contribution is -2.28. The van der Waals surface area contributed by atoms with E-state index in [-0.39, 0.29) is 6.54 Å². The molecule has 0 atom stereocenters. The molecule has 0 aliphatic carbocycles. The summed E-state index contributed by atoms with van der Waals surface area (Å²) in [6.45, 7) is 1.71. The molecule has 0 aromatic heterocycles. The fraction of sp³-hybridized carbons (Fsp3) is 0.417. The van der Waals surface area contributed by atoms with Crippen LogP contribution in [0.3, 0.4) is 0 Å². The van der Waals surface area contributed by atoms with Crippen LogP contribution in [0.2, 0.25) is 0 Å². The lowest BCUT2D eigenvalue weighted by molar-refractivity contribution is -0.153. The Balaban J connectivity index is 1.89. The summed E-state index contributed by atoms with van der Waals surface area (Å²) in [6, 6.07) is 5.66. The monoisotopic (exact) mass is 258 g/mol. The van der Waals surface area contributed by atoms with Crippen molar-refractivity contribution in [3.8, 4) is 0 Å². The van der Waals surface area contributed by atoms with E-state index in [1.165, 1.54) is 5.56 Å². The summed E-state index contributed by atoms with van der Waals surface area (Å²) in [5.41, 5.74) is 3.14. The van der Waals surface area contributed by atoms with Crippen LogP contribution in [0.15, 0.2) is 18.2 Å². The van der Waals surface area contributed by atoms with Crippen LogP contribution in [0.1, 0.15) is 23.1 Å². The number of alkyl halides is 3. The van der Waals surface area contributed by atoms with Crippen molar-refractivity contribution in [2.75, 3.05) is 0 Å². The van der Waals surface area contributed by atoms with E-state index in [0.717, 1.165) is 24.2 Å². The normalized spacial score (nSPS) is 14.4. The average Bonchev–Trinajstić information content (AvgIpc) is 2.71. The summed E-state index contributed by atoms with van der Waals surface area (Å²) in [6.07, 6.45) is -5.88. The molecule has 1 aromatic carbocycles. The molecule has 0 fully saturated rings. The molecule has 2 N–H and O–H groups in total. The molecule has 1 aliphatic heterocycles. The van der Waals surface area contributed by atoms with Gasteiger partial charge >= 0.3 is 6.18 Å². The van der Waals surface area contributed by atoms with Crippen molar-refractivity contribution in [2.45, 2.75) is 32.2 Å². The van der Waals surface area contributed by atoms with Crippen LogP contribution in [0.4, 0.5) is 13.2 Å². The molecule has 6 heteroatoms. The maximum absolute atomic E-state index is 11.9. The van der Waals surface area contributed by atoms with E-state index in [0.29, 0.717) is 0 Å². The lowest BCUT2D eigenvalue weighted by Gasteiger charge is -2.08. The predicted molar refractivity (Wildman–Crippen MR) is 59.5 cm³/mol. The highest BCUT2D eigenvalue weighted by Crippen LogP contribution is 2.19. The van der Waals surface area contributed by atoms with E-state index < -0.39 is 18.5 Å². The molecule has 98 valence electrons. The highest BCUT2D eigenvalue weighted by atomic mass is 19.4. The van der Waals surface area contributed by atoms with Crippen LogP contribution in [-0.2, 0) is 24.4 Å². The first-order chi connectivity index (χ1) is 8.44. The first-order valence-electron chi connectivity index (χ1n) is 5.59. The number of halogens is 3. The Hall–Kier alpha value is -1.56. The Bertz CT molecular complexity index is 457. The van der Waals surface area contributed by atoms with Gasteiger partial charge in [0, 0.05) is 19.6 Å². The van der Waals surface area contributed by atoms with Crippen LogP contribution in [0, 0.1) is 0 Å². The van der Waals surface area contributed by atoms with Gasteiger partial charge in [-0.25, -0.2) is 0 Å². The quantitative estimate of drug-likeness (QED) is 0.868. The minimum Gasteiger partial charge on any atom is -0.352 e. The third-order valence-electron chi connectivity index (χ3n) is 2.75. The van der Waals surface area contributed by atoms with Crippen LogP contribution < -0.4 is 10.6 Å². The second-order valence-corrected chi connectivity index (χ2v) is 4.28. The van der Waals surface area contributed by atoms with Gasteiger partial charge in [0.2, 0.25) is 5.91 Å². The maximum atomic E-state index is 11.9. The summed E-state index contributed by atoms with van der Waals surface area (Å²) in [5.74, 6) is -0.999. The SMILES string of the molecule is O=C(CC(F)(F)F)NCc1ccc2c(c1)CNC2. The number of amides is 1. The fourth-order valence-corrected chi connectivity index (χ4v) is 1.90. The number of rotatable bonds is 3. The van der Waals surface area contributed by atoms with Gasteiger partial charge in [0.05, 0.1) is 0 Å². The topological polar surface area (TPSA) is 41.1 Å². The van der Waals surface area contributed by atoms with Gasteiger partial charge in [-0.05, 0) is 16.7 Å². The summed E-state index contributed by atoms with van der Waals surface area (Å²) in [7, 11) is 0. The molecule has 0 radical (unpaired) electrons. The molecule has 0 unspecified atom stereocenters. The number of carbonyl (C=O) groups is 1. The Morgan fingerprint density at radius 3 is 2.72 bits per heavy atom. The van der Waals surface area contributed by atoms with Crippen LogP contribution in [0.5, 0.6) is 0 Å². The molecule has 3 nitrogen and oxygen atoms in total. The molecule has 0 saturated heterocycles. The minimum absolute atomic E-state index is 0.127. The number of hydrogen-bond acceptors (Lipinski definition) is 2. The molecule has 18 heavy (non-hydrogen) atoms. The van der Waals surface area contributed by atoms with Gasteiger partial charge in [-0.3, -0.25) is 4.79 Å². The van der Waals surface area contributed by atoms with Crippen LogP contribution in [0.25, 0.3) is 0 Å². The van der Waals surface area contributed by atoms with Crippen molar-refractivity contribution in [1.29, 1.82) is 0 Å². The summed E-state index contributed by atoms with van der Waals surface area (Å²) in [5, 5.41) is 5.44. The van der Waals surface area contributed by atoms with Gasteiger partial charge in [-0.1, -0.05) is 18.2 Å². The van der Waals surface area contributed by atoms with E-state index in [2.05, 4.69) is 10.6 Å². The number of carbonyl (C=O) groups excluding carboxylic acids is 1. The second-order valence-electron chi connectivity index (χ2n) is 4.28.